The molecule has 1 fully saturated rings. The van der Waals surface area contributed by atoms with Crippen LogP contribution in [0.25, 0.3) is 0 Å². The lowest BCUT2D eigenvalue weighted by molar-refractivity contribution is -0.168. The Balaban J connectivity index is 0.000000181. The van der Waals surface area contributed by atoms with Crippen LogP contribution in [0.3, 0.4) is 0 Å². The van der Waals surface area contributed by atoms with Gasteiger partial charge in [-0.2, -0.15) is 0 Å². The molecule has 2 rings (SSSR count). The molecule has 0 spiro atoms. The quantitative estimate of drug-likeness (QED) is 0.638. The number of esters is 1. The number of rotatable bonds is 0. The second-order valence-corrected chi connectivity index (χ2v) is 3.98. The van der Waals surface area contributed by atoms with Gasteiger partial charge in [0.15, 0.2) is 6.10 Å². The molecule has 1 aliphatic rings. The summed E-state index contributed by atoms with van der Waals surface area (Å²) in [5.74, 6) is -0.478. The molecule has 4 heteroatoms. The average molecular weight is 235 g/mol. The van der Waals surface area contributed by atoms with Gasteiger partial charge in [-0.1, -0.05) is 35.9 Å². The summed E-state index contributed by atoms with van der Waals surface area (Å²) >= 11 is 0. The van der Waals surface area contributed by atoms with E-state index in [-0.39, 0.29) is 18.4 Å². The molecule has 1 aliphatic heterocycles. The first-order valence-corrected chi connectivity index (χ1v) is 5.47. The Morgan fingerprint density at radius 1 is 1.24 bits per heavy atom. The highest BCUT2D eigenvalue weighted by Crippen LogP contribution is 2.04. The molecule has 0 aliphatic carbocycles. The summed E-state index contributed by atoms with van der Waals surface area (Å²) in [6.45, 7) is 3.72. The van der Waals surface area contributed by atoms with Crippen LogP contribution >= 0.6 is 0 Å². The third kappa shape index (κ3) is 4.26. The largest absolute Gasteiger partial charge is 0.451 e. The van der Waals surface area contributed by atoms with Crippen molar-refractivity contribution in [1.82, 2.24) is 4.90 Å². The maximum atomic E-state index is 10.9. The summed E-state index contributed by atoms with van der Waals surface area (Å²) in [4.78, 5) is 22.9. The molecular weight excluding hydrogens is 218 g/mol. The summed E-state index contributed by atoms with van der Waals surface area (Å²) < 4.78 is 4.64. The van der Waals surface area contributed by atoms with Gasteiger partial charge >= 0.3 is 5.97 Å². The zero-order valence-electron chi connectivity index (χ0n) is 10.3. The number of nitrogens with zero attached hydrogens (tertiary/aromatic N) is 1. The number of likely N-dealkylation sites (N-methyl/N-ethyl adjacent to an activating group) is 1. The van der Waals surface area contributed by atoms with Gasteiger partial charge in [0.05, 0.1) is 0 Å². The Labute approximate surface area is 101 Å². The van der Waals surface area contributed by atoms with Crippen molar-refractivity contribution >= 4 is 11.9 Å². The molecule has 0 radical (unpaired) electrons. The third-order valence-electron chi connectivity index (χ3n) is 2.34. The lowest BCUT2D eigenvalue weighted by Crippen LogP contribution is -2.46. The van der Waals surface area contributed by atoms with Crippen molar-refractivity contribution in [3.05, 3.63) is 35.9 Å². The van der Waals surface area contributed by atoms with Gasteiger partial charge in [0.1, 0.15) is 6.54 Å². The number of morpholine rings is 1. The van der Waals surface area contributed by atoms with Gasteiger partial charge in [0, 0.05) is 7.05 Å². The number of aryl methyl sites for hydroxylation is 1. The lowest BCUT2D eigenvalue weighted by atomic mass is 10.2. The fourth-order valence-electron chi connectivity index (χ4n) is 1.40. The first-order chi connectivity index (χ1) is 8.00. The molecule has 0 bridgehead atoms. The minimum atomic E-state index is -0.605. The number of ether oxygens (including phenoxy) is 1. The standard InChI is InChI=1S/C7H8.C6H9NO3/c1-7-5-3-2-4-6-7;1-4-6(9)7(2)3-5(8)10-4/h2-6H,1H3;4H,3H2,1-2H3. The van der Waals surface area contributed by atoms with Crippen LogP contribution in [0.5, 0.6) is 0 Å². The van der Waals surface area contributed by atoms with Crippen LogP contribution in [-0.2, 0) is 14.3 Å². The second kappa shape index (κ2) is 6.03. The van der Waals surface area contributed by atoms with Crippen LogP contribution in [-0.4, -0.2) is 36.5 Å². The number of hydrogen-bond donors (Lipinski definition) is 0. The molecule has 1 aromatic carbocycles. The van der Waals surface area contributed by atoms with E-state index in [1.165, 1.54) is 10.5 Å². The van der Waals surface area contributed by atoms with Crippen molar-refractivity contribution in [2.45, 2.75) is 20.0 Å². The number of cyclic esters (lactones) is 1. The van der Waals surface area contributed by atoms with E-state index in [4.69, 9.17) is 0 Å². The normalized spacial score (nSPS) is 19.2. The highest BCUT2D eigenvalue weighted by molar-refractivity contribution is 5.89. The number of hydrogen-bond acceptors (Lipinski definition) is 3. The van der Waals surface area contributed by atoms with E-state index in [1.54, 1.807) is 14.0 Å². The topological polar surface area (TPSA) is 46.6 Å². The summed E-state index contributed by atoms with van der Waals surface area (Å²) in [6, 6.07) is 10.3. The van der Waals surface area contributed by atoms with E-state index in [9.17, 15) is 9.59 Å². The first kappa shape index (κ1) is 13.2. The molecule has 4 nitrogen and oxygen atoms in total. The molecule has 1 aromatic rings. The average Bonchev–Trinajstić information content (AvgIpc) is 2.27. The van der Waals surface area contributed by atoms with Crippen molar-refractivity contribution in [3.63, 3.8) is 0 Å². The van der Waals surface area contributed by atoms with Crippen molar-refractivity contribution in [2.75, 3.05) is 13.6 Å². The van der Waals surface area contributed by atoms with E-state index in [0.29, 0.717) is 0 Å². The van der Waals surface area contributed by atoms with Gasteiger partial charge < -0.3 is 9.64 Å². The SMILES string of the molecule is CC1OC(=O)CN(C)C1=O.Cc1ccccc1. The summed E-state index contributed by atoms with van der Waals surface area (Å²) in [5, 5.41) is 0. The van der Waals surface area contributed by atoms with Crippen LogP contribution in [0.4, 0.5) is 0 Å². The Hall–Kier alpha value is -1.84. The van der Waals surface area contributed by atoms with E-state index in [0.717, 1.165) is 0 Å². The van der Waals surface area contributed by atoms with Gasteiger partial charge in [-0.3, -0.25) is 9.59 Å². The minimum Gasteiger partial charge on any atom is -0.451 e. The molecule has 1 saturated heterocycles. The maximum absolute atomic E-state index is 10.9. The Morgan fingerprint density at radius 3 is 2.24 bits per heavy atom. The van der Waals surface area contributed by atoms with E-state index >= 15 is 0 Å². The highest BCUT2D eigenvalue weighted by Gasteiger charge is 2.28. The highest BCUT2D eigenvalue weighted by atomic mass is 16.6. The van der Waals surface area contributed by atoms with Crippen LogP contribution in [0.2, 0.25) is 0 Å². The van der Waals surface area contributed by atoms with Gasteiger partial charge in [0.25, 0.3) is 5.91 Å². The van der Waals surface area contributed by atoms with Crippen LogP contribution < -0.4 is 0 Å². The van der Waals surface area contributed by atoms with Gasteiger partial charge in [-0.25, -0.2) is 0 Å². The number of benzene rings is 1. The molecule has 1 unspecified atom stereocenters. The predicted octanol–water partition coefficient (Wildman–Crippen LogP) is 1.39. The molecule has 0 N–H and O–H groups in total. The number of amides is 1. The fourth-order valence-corrected chi connectivity index (χ4v) is 1.40. The molecule has 0 saturated carbocycles. The van der Waals surface area contributed by atoms with Crippen molar-refractivity contribution in [1.29, 1.82) is 0 Å². The zero-order valence-corrected chi connectivity index (χ0v) is 10.3. The van der Waals surface area contributed by atoms with Gasteiger partial charge in [-0.15, -0.1) is 0 Å². The molecule has 1 amide bonds. The third-order valence-corrected chi connectivity index (χ3v) is 2.34. The molecule has 1 atom stereocenters. The maximum Gasteiger partial charge on any atom is 0.326 e. The van der Waals surface area contributed by atoms with E-state index in [1.807, 2.05) is 18.2 Å². The minimum absolute atomic E-state index is 0.0726. The lowest BCUT2D eigenvalue weighted by Gasteiger charge is -2.25. The fraction of sp³-hybridized carbons (Fsp3) is 0.385. The van der Waals surface area contributed by atoms with Crippen molar-refractivity contribution < 1.29 is 14.3 Å². The van der Waals surface area contributed by atoms with Crippen LogP contribution in [0.1, 0.15) is 12.5 Å². The molecular formula is C13H17NO3. The van der Waals surface area contributed by atoms with Crippen LogP contribution in [0, 0.1) is 6.92 Å². The Morgan fingerprint density at radius 2 is 1.82 bits per heavy atom. The summed E-state index contributed by atoms with van der Waals surface area (Å²) in [6.07, 6.45) is -0.605. The summed E-state index contributed by atoms with van der Waals surface area (Å²) in [7, 11) is 1.58. The Kier molecular flexibility index (Phi) is 4.69. The van der Waals surface area contributed by atoms with Crippen molar-refractivity contribution in [2.24, 2.45) is 0 Å². The van der Waals surface area contributed by atoms with E-state index in [2.05, 4.69) is 23.8 Å². The molecule has 92 valence electrons. The predicted molar refractivity (Wildman–Crippen MR) is 64.4 cm³/mol. The number of carbonyl (C=O) groups excluding carboxylic acids is 2. The monoisotopic (exact) mass is 235 g/mol. The second-order valence-electron chi connectivity index (χ2n) is 3.98. The molecule has 0 aromatic heterocycles. The van der Waals surface area contributed by atoms with Gasteiger partial charge in [-0.05, 0) is 13.8 Å². The van der Waals surface area contributed by atoms with Crippen molar-refractivity contribution in [3.8, 4) is 0 Å². The zero-order chi connectivity index (χ0) is 12.8. The first-order valence-electron chi connectivity index (χ1n) is 5.47. The van der Waals surface area contributed by atoms with Gasteiger partial charge in [0.2, 0.25) is 0 Å². The molecule has 1 heterocycles. The molecule has 17 heavy (non-hydrogen) atoms. The van der Waals surface area contributed by atoms with E-state index < -0.39 is 6.10 Å². The smallest absolute Gasteiger partial charge is 0.326 e. The summed E-state index contributed by atoms with van der Waals surface area (Å²) in [5.41, 5.74) is 1.32. The Bertz CT molecular complexity index is 373. The van der Waals surface area contributed by atoms with Crippen LogP contribution in [0.15, 0.2) is 30.3 Å². The number of carbonyl (C=O) groups is 2.